The number of aromatic nitrogens is 2. The second-order valence-electron chi connectivity index (χ2n) is 6.68. The number of nitrogens with zero attached hydrogens (tertiary/aromatic N) is 2. The Bertz CT molecular complexity index is 1200. The molecular weight excluding hydrogens is 399 g/mol. The molecule has 2 heterocycles. The van der Waals surface area contributed by atoms with Crippen molar-refractivity contribution in [3.8, 4) is 0 Å². The molecule has 0 N–H and O–H groups in total. The molecule has 4 rings (SSSR count). The Morgan fingerprint density at radius 2 is 2.00 bits per heavy atom. The van der Waals surface area contributed by atoms with E-state index < -0.39 is 5.97 Å². The van der Waals surface area contributed by atoms with E-state index in [0.717, 1.165) is 30.4 Å². The minimum atomic E-state index is -1.31. The summed E-state index contributed by atoms with van der Waals surface area (Å²) in [7, 11) is 0. The van der Waals surface area contributed by atoms with Gasteiger partial charge in [0.2, 0.25) is 0 Å². The second kappa shape index (κ2) is 7.41. The number of carbonyl (C=O) groups excluding carboxylic acids is 1. The van der Waals surface area contributed by atoms with Gasteiger partial charge in [0, 0.05) is 6.54 Å². The van der Waals surface area contributed by atoms with Gasteiger partial charge in [-0.1, -0.05) is 41.4 Å². The largest absolute Gasteiger partial charge is 0.545 e. The summed E-state index contributed by atoms with van der Waals surface area (Å²) >= 11 is 12.4. The quantitative estimate of drug-likeness (QED) is 0.640. The molecule has 0 bridgehead atoms. The number of allylic oxidation sites excluding steroid dienone is 1. The van der Waals surface area contributed by atoms with Crippen LogP contribution in [0.2, 0.25) is 10.0 Å². The van der Waals surface area contributed by atoms with Crippen molar-refractivity contribution in [1.82, 2.24) is 9.55 Å². The molecule has 142 valence electrons. The molecule has 0 amide bonds. The zero-order valence-corrected chi connectivity index (χ0v) is 16.3. The molecule has 0 radical (unpaired) electrons. The van der Waals surface area contributed by atoms with E-state index in [0.29, 0.717) is 33.3 Å². The van der Waals surface area contributed by atoms with Gasteiger partial charge in [0.15, 0.2) is 0 Å². The average molecular weight is 414 g/mol. The molecule has 0 saturated heterocycles. The van der Waals surface area contributed by atoms with Crippen LogP contribution in [0.15, 0.2) is 41.2 Å². The van der Waals surface area contributed by atoms with Gasteiger partial charge in [0.05, 0.1) is 26.9 Å². The molecule has 0 saturated carbocycles. The molecule has 1 aliphatic heterocycles. The van der Waals surface area contributed by atoms with Crippen LogP contribution in [0.5, 0.6) is 0 Å². The van der Waals surface area contributed by atoms with Crippen molar-refractivity contribution >= 4 is 51.7 Å². The van der Waals surface area contributed by atoms with Gasteiger partial charge >= 0.3 is 0 Å². The van der Waals surface area contributed by atoms with Crippen molar-refractivity contribution in [1.29, 1.82) is 0 Å². The van der Waals surface area contributed by atoms with E-state index in [2.05, 4.69) is 4.98 Å². The molecule has 0 aliphatic carbocycles. The van der Waals surface area contributed by atoms with Gasteiger partial charge in [-0.3, -0.25) is 9.36 Å². The summed E-state index contributed by atoms with van der Waals surface area (Å²) in [6, 6.07) is 9.61. The van der Waals surface area contributed by atoms with Crippen LogP contribution in [0.4, 0.5) is 0 Å². The average Bonchev–Trinajstić information content (AvgIpc) is 2.88. The highest BCUT2D eigenvalue weighted by atomic mass is 35.5. The van der Waals surface area contributed by atoms with Gasteiger partial charge in [0.1, 0.15) is 5.82 Å². The number of carboxylic acid groups (broad SMARTS) is 1. The third-order valence-electron chi connectivity index (χ3n) is 4.87. The highest BCUT2D eigenvalue weighted by molar-refractivity contribution is 6.43. The normalized spacial score (nSPS) is 15.4. The number of carboxylic acids is 1. The third kappa shape index (κ3) is 3.32. The molecule has 3 aromatic rings. The lowest BCUT2D eigenvalue weighted by molar-refractivity contribution is -0.255. The van der Waals surface area contributed by atoms with E-state index >= 15 is 0 Å². The summed E-state index contributed by atoms with van der Waals surface area (Å²) in [6.45, 7) is 0.556. The van der Waals surface area contributed by atoms with Crippen LogP contribution in [0.25, 0.3) is 22.6 Å². The third-order valence-corrected chi connectivity index (χ3v) is 5.70. The monoisotopic (exact) mass is 413 g/mol. The summed E-state index contributed by atoms with van der Waals surface area (Å²) in [5, 5.41) is 12.5. The summed E-state index contributed by atoms with van der Waals surface area (Å²) in [4.78, 5) is 28.8. The number of hydrogen-bond acceptors (Lipinski definition) is 4. The Hall–Kier alpha value is -2.63. The first-order chi connectivity index (χ1) is 13.5. The Balaban J connectivity index is 1.97. The first-order valence-corrected chi connectivity index (χ1v) is 9.62. The molecular formula is C21H15Cl2N2O3-. The van der Waals surface area contributed by atoms with Gasteiger partial charge < -0.3 is 9.90 Å². The fraction of sp³-hybridized carbons (Fsp3) is 0.190. The molecule has 2 aromatic carbocycles. The van der Waals surface area contributed by atoms with Gasteiger partial charge in [0.25, 0.3) is 5.56 Å². The van der Waals surface area contributed by atoms with Crippen LogP contribution >= 0.6 is 23.2 Å². The molecule has 7 heteroatoms. The molecule has 0 atom stereocenters. The van der Waals surface area contributed by atoms with Crippen LogP contribution in [-0.2, 0) is 6.54 Å². The summed E-state index contributed by atoms with van der Waals surface area (Å²) in [5.74, 6) is -0.776. The van der Waals surface area contributed by atoms with Crippen molar-refractivity contribution in [3.63, 3.8) is 0 Å². The predicted octanol–water partition coefficient (Wildman–Crippen LogP) is 3.79. The van der Waals surface area contributed by atoms with E-state index in [1.54, 1.807) is 10.6 Å². The molecule has 1 aliphatic rings. The van der Waals surface area contributed by atoms with Crippen LogP contribution in [0.1, 0.15) is 41.0 Å². The van der Waals surface area contributed by atoms with E-state index in [1.807, 2.05) is 18.2 Å². The van der Waals surface area contributed by atoms with Gasteiger partial charge in [-0.15, -0.1) is 0 Å². The molecule has 0 fully saturated rings. The zero-order chi connectivity index (χ0) is 19.8. The van der Waals surface area contributed by atoms with Crippen LogP contribution < -0.4 is 10.7 Å². The molecule has 5 nitrogen and oxygen atoms in total. The molecule has 0 unspecified atom stereocenters. The van der Waals surface area contributed by atoms with E-state index in [1.165, 1.54) is 18.2 Å². The maximum Gasteiger partial charge on any atom is 0.261 e. The van der Waals surface area contributed by atoms with Crippen molar-refractivity contribution in [3.05, 3.63) is 73.7 Å². The number of hydrogen-bond donors (Lipinski definition) is 0. The number of halogens is 2. The minimum Gasteiger partial charge on any atom is -0.545 e. The Morgan fingerprint density at radius 1 is 1.18 bits per heavy atom. The molecule has 1 aromatic heterocycles. The summed E-state index contributed by atoms with van der Waals surface area (Å²) < 4.78 is 1.65. The number of aromatic carboxylic acids is 1. The SMILES string of the molecule is O=C([O-])c1ccc2c(=O)n3c(nc2c1)/C(=C/c1cccc(Cl)c1Cl)CCCC3. The fourth-order valence-corrected chi connectivity index (χ4v) is 3.82. The van der Waals surface area contributed by atoms with E-state index in [9.17, 15) is 14.7 Å². The Kier molecular flexibility index (Phi) is 4.96. The van der Waals surface area contributed by atoms with Crippen molar-refractivity contribution in [2.75, 3.05) is 0 Å². The minimum absolute atomic E-state index is 0.0126. The van der Waals surface area contributed by atoms with Gasteiger partial charge in [-0.2, -0.15) is 0 Å². The zero-order valence-electron chi connectivity index (χ0n) is 14.7. The number of carbonyl (C=O) groups is 1. The van der Waals surface area contributed by atoms with Crippen molar-refractivity contribution in [2.24, 2.45) is 0 Å². The lowest BCUT2D eigenvalue weighted by Gasteiger charge is -2.13. The Morgan fingerprint density at radius 3 is 2.79 bits per heavy atom. The number of benzene rings is 2. The summed E-state index contributed by atoms with van der Waals surface area (Å²) in [6.07, 6.45) is 4.36. The highest BCUT2D eigenvalue weighted by Gasteiger charge is 2.18. The summed E-state index contributed by atoms with van der Waals surface area (Å²) in [5.41, 5.74) is 1.74. The standard InChI is InChI=1S/C21H16Cl2N2O3/c22-16-6-3-5-12(18(16)23)10-13-4-1-2-9-25-19(13)24-17-11-14(21(27)28)7-8-15(17)20(25)26/h3,5-8,10-11H,1-2,4,9H2,(H,27,28)/p-1/b13-10+. The maximum absolute atomic E-state index is 13.0. The maximum atomic E-state index is 13.0. The van der Waals surface area contributed by atoms with Gasteiger partial charge in [-0.25, -0.2) is 4.98 Å². The predicted molar refractivity (Wildman–Crippen MR) is 109 cm³/mol. The van der Waals surface area contributed by atoms with E-state index in [-0.39, 0.29) is 11.1 Å². The van der Waals surface area contributed by atoms with Crippen molar-refractivity contribution < 1.29 is 9.90 Å². The number of fused-ring (bicyclic) bond motifs is 2. The van der Waals surface area contributed by atoms with Crippen LogP contribution in [0.3, 0.4) is 0 Å². The fourth-order valence-electron chi connectivity index (χ4n) is 3.45. The molecule has 28 heavy (non-hydrogen) atoms. The first-order valence-electron chi connectivity index (χ1n) is 8.86. The molecule has 0 spiro atoms. The highest BCUT2D eigenvalue weighted by Crippen LogP contribution is 2.31. The van der Waals surface area contributed by atoms with E-state index in [4.69, 9.17) is 23.2 Å². The lowest BCUT2D eigenvalue weighted by Crippen LogP contribution is -2.25. The first kappa shape index (κ1) is 18.7. The smallest absolute Gasteiger partial charge is 0.261 e. The second-order valence-corrected chi connectivity index (χ2v) is 7.47. The topological polar surface area (TPSA) is 75.0 Å². The van der Waals surface area contributed by atoms with Crippen LogP contribution in [0, 0.1) is 0 Å². The lowest BCUT2D eigenvalue weighted by atomic mass is 10.0. The number of rotatable bonds is 2. The van der Waals surface area contributed by atoms with Crippen LogP contribution in [-0.4, -0.2) is 15.5 Å². The Labute approximate surface area is 170 Å². The van der Waals surface area contributed by atoms with Gasteiger partial charge in [-0.05, 0) is 60.2 Å². The van der Waals surface area contributed by atoms with Crippen molar-refractivity contribution in [2.45, 2.75) is 25.8 Å².